The summed E-state index contributed by atoms with van der Waals surface area (Å²) in [6.07, 6.45) is 1.74. The van der Waals surface area contributed by atoms with E-state index < -0.39 is 21.8 Å². The van der Waals surface area contributed by atoms with Gasteiger partial charge in [0.2, 0.25) is 15.9 Å². The number of sulfonamides is 1. The molecule has 1 aliphatic carbocycles. The molecule has 3 aliphatic rings. The first kappa shape index (κ1) is 16.2. The van der Waals surface area contributed by atoms with E-state index in [4.69, 9.17) is 0 Å². The lowest BCUT2D eigenvalue weighted by Crippen LogP contribution is -2.34. The van der Waals surface area contributed by atoms with Crippen molar-refractivity contribution < 1.29 is 22.8 Å². The maximum Gasteiger partial charge on any atom is 0.261 e. The number of rotatable bonds is 3. The first-order valence-corrected chi connectivity index (χ1v) is 9.50. The summed E-state index contributed by atoms with van der Waals surface area (Å²) in [4.78, 5) is 38.6. The summed E-state index contributed by atoms with van der Waals surface area (Å²) in [6, 6.07) is 3.96. The van der Waals surface area contributed by atoms with Crippen molar-refractivity contribution in [3.05, 3.63) is 29.3 Å². The number of carbonyl (C=O) groups is 3. The van der Waals surface area contributed by atoms with Crippen LogP contribution in [-0.2, 0) is 14.8 Å². The number of benzene rings is 1. The van der Waals surface area contributed by atoms with E-state index in [0.717, 1.165) is 17.7 Å². The molecular formula is C16H17N3O5S. The van der Waals surface area contributed by atoms with Crippen molar-refractivity contribution in [1.29, 1.82) is 0 Å². The van der Waals surface area contributed by atoms with Crippen molar-refractivity contribution >= 4 is 27.7 Å². The summed E-state index contributed by atoms with van der Waals surface area (Å²) in [6.45, 7) is 0.631. The largest absolute Gasteiger partial charge is 0.327 e. The monoisotopic (exact) mass is 363 g/mol. The summed E-state index contributed by atoms with van der Waals surface area (Å²) in [7, 11) is -2.47. The van der Waals surface area contributed by atoms with Crippen LogP contribution in [0.5, 0.6) is 0 Å². The van der Waals surface area contributed by atoms with E-state index in [2.05, 4.69) is 0 Å². The van der Waals surface area contributed by atoms with Crippen LogP contribution in [0.25, 0.3) is 0 Å². The quantitative estimate of drug-likeness (QED) is 0.711. The van der Waals surface area contributed by atoms with Gasteiger partial charge in [-0.25, -0.2) is 8.42 Å². The number of carbonyl (C=O) groups excluding carboxylic acids is 3. The molecule has 1 aromatic rings. The summed E-state index contributed by atoms with van der Waals surface area (Å²) in [5.74, 6) is -0.897. The minimum absolute atomic E-state index is 0.00838. The Labute approximate surface area is 145 Å². The third kappa shape index (κ3) is 2.46. The van der Waals surface area contributed by atoms with E-state index in [1.165, 1.54) is 29.6 Å². The maximum absolute atomic E-state index is 12.8. The molecule has 1 aromatic carbocycles. The molecule has 1 saturated carbocycles. The first-order valence-electron chi connectivity index (χ1n) is 8.06. The lowest BCUT2D eigenvalue weighted by Gasteiger charge is -2.18. The second-order valence-corrected chi connectivity index (χ2v) is 8.51. The molecule has 2 aliphatic heterocycles. The Bertz CT molecular complexity index is 906. The van der Waals surface area contributed by atoms with Crippen molar-refractivity contribution in [1.82, 2.24) is 14.1 Å². The molecular weight excluding hydrogens is 346 g/mol. The van der Waals surface area contributed by atoms with Crippen LogP contribution < -0.4 is 0 Å². The van der Waals surface area contributed by atoms with Crippen LogP contribution in [0.4, 0.5) is 0 Å². The van der Waals surface area contributed by atoms with Gasteiger partial charge in [0.05, 0.1) is 22.7 Å². The van der Waals surface area contributed by atoms with Gasteiger partial charge in [0.15, 0.2) is 0 Å². The molecule has 0 N–H and O–H groups in total. The van der Waals surface area contributed by atoms with Gasteiger partial charge in [-0.3, -0.25) is 19.3 Å². The fourth-order valence-electron chi connectivity index (χ4n) is 3.18. The molecule has 9 heteroatoms. The maximum atomic E-state index is 12.8. The zero-order valence-electron chi connectivity index (χ0n) is 13.6. The van der Waals surface area contributed by atoms with Gasteiger partial charge in [0, 0.05) is 26.1 Å². The van der Waals surface area contributed by atoms with Crippen molar-refractivity contribution in [3.63, 3.8) is 0 Å². The summed E-state index contributed by atoms with van der Waals surface area (Å²) >= 11 is 0. The molecule has 0 bridgehead atoms. The second-order valence-electron chi connectivity index (χ2n) is 6.57. The van der Waals surface area contributed by atoms with Crippen molar-refractivity contribution in [2.45, 2.75) is 17.7 Å². The van der Waals surface area contributed by atoms with Crippen LogP contribution >= 0.6 is 0 Å². The van der Waals surface area contributed by atoms with Gasteiger partial charge in [-0.2, -0.15) is 4.31 Å². The normalized spacial score (nSPS) is 21.2. The van der Waals surface area contributed by atoms with Gasteiger partial charge in [-0.15, -0.1) is 0 Å². The lowest BCUT2D eigenvalue weighted by atomic mass is 10.1. The van der Waals surface area contributed by atoms with Crippen LogP contribution in [0, 0.1) is 5.92 Å². The van der Waals surface area contributed by atoms with Crippen LogP contribution in [-0.4, -0.2) is 67.1 Å². The Morgan fingerprint density at radius 3 is 2.44 bits per heavy atom. The third-order valence-electron chi connectivity index (χ3n) is 4.88. The third-order valence-corrected chi connectivity index (χ3v) is 6.71. The number of fused-ring (bicyclic) bond motifs is 1. The number of amides is 3. The Balaban J connectivity index is 1.60. The molecule has 0 atom stereocenters. The Hall–Kier alpha value is -2.26. The van der Waals surface area contributed by atoms with Gasteiger partial charge in [-0.1, -0.05) is 0 Å². The highest BCUT2D eigenvalue weighted by Crippen LogP contribution is 2.33. The number of nitrogens with zero attached hydrogens (tertiary/aromatic N) is 3. The molecule has 0 unspecified atom stereocenters. The highest BCUT2D eigenvalue weighted by Gasteiger charge is 2.40. The fraction of sp³-hybridized carbons (Fsp3) is 0.438. The Morgan fingerprint density at radius 2 is 1.76 bits per heavy atom. The molecule has 1 saturated heterocycles. The molecule has 132 valence electrons. The molecule has 0 radical (unpaired) electrons. The molecule has 0 aromatic heterocycles. The average molecular weight is 363 g/mol. The molecule has 8 nitrogen and oxygen atoms in total. The number of hydrogen-bond donors (Lipinski definition) is 0. The average Bonchev–Trinajstić information content (AvgIpc) is 3.29. The predicted molar refractivity (Wildman–Crippen MR) is 86.1 cm³/mol. The van der Waals surface area contributed by atoms with E-state index in [1.807, 2.05) is 0 Å². The second kappa shape index (κ2) is 5.37. The van der Waals surface area contributed by atoms with E-state index >= 15 is 0 Å². The molecule has 4 rings (SSSR count). The minimum atomic E-state index is -3.83. The van der Waals surface area contributed by atoms with Crippen LogP contribution in [0.1, 0.15) is 33.6 Å². The zero-order valence-corrected chi connectivity index (χ0v) is 14.5. The van der Waals surface area contributed by atoms with E-state index in [0.29, 0.717) is 6.54 Å². The fourth-order valence-corrected chi connectivity index (χ4v) is 4.60. The highest BCUT2D eigenvalue weighted by molar-refractivity contribution is 7.89. The van der Waals surface area contributed by atoms with Crippen molar-refractivity contribution in [2.75, 3.05) is 26.8 Å². The van der Waals surface area contributed by atoms with Gasteiger partial charge < -0.3 is 4.90 Å². The summed E-state index contributed by atoms with van der Waals surface area (Å²) in [5.41, 5.74) is 0.303. The molecule has 2 fully saturated rings. The minimum Gasteiger partial charge on any atom is -0.327 e. The Kier molecular flexibility index (Phi) is 3.48. The SMILES string of the molecule is CN1C(=O)c2ccc(S(=O)(=O)N3CCN(C(=O)C4CC4)C3)cc2C1=O. The Morgan fingerprint density at radius 1 is 1.08 bits per heavy atom. The van der Waals surface area contributed by atoms with Gasteiger partial charge in [0.1, 0.15) is 0 Å². The molecule has 25 heavy (non-hydrogen) atoms. The standard InChI is InChI=1S/C16H17N3O5S/c1-17-15(21)12-5-4-11(8-13(12)16(17)22)25(23,24)19-7-6-18(9-19)14(20)10-2-3-10/h4-5,8,10H,2-3,6-7,9H2,1H3. The molecule has 0 spiro atoms. The van der Waals surface area contributed by atoms with Gasteiger partial charge in [0.25, 0.3) is 11.8 Å². The topological polar surface area (TPSA) is 95.1 Å². The molecule has 2 heterocycles. The van der Waals surface area contributed by atoms with Crippen LogP contribution in [0.3, 0.4) is 0 Å². The number of hydrogen-bond acceptors (Lipinski definition) is 5. The lowest BCUT2D eigenvalue weighted by molar-refractivity contribution is -0.131. The molecule has 3 amide bonds. The van der Waals surface area contributed by atoms with Crippen LogP contribution in [0.2, 0.25) is 0 Å². The zero-order chi connectivity index (χ0) is 17.9. The number of imide groups is 1. The van der Waals surface area contributed by atoms with E-state index in [1.54, 1.807) is 4.90 Å². The summed E-state index contributed by atoms with van der Waals surface area (Å²) < 4.78 is 26.9. The van der Waals surface area contributed by atoms with Crippen molar-refractivity contribution in [3.8, 4) is 0 Å². The van der Waals surface area contributed by atoms with Gasteiger partial charge >= 0.3 is 0 Å². The van der Waals surface area contributed by atoms with E-state index in [-0.39, 0.29) is 41.1 Å². The first-order chi connectivity index (χ1) is 11.8. The van der Waals surface area contributed by atoms with Crippen molar-refractivity contribution in [2.24, 2.45) is 5.92 Å². The van der Waals surface area contributed by atoms with Crippen LogP contribution in [0.15, 0.2) is 23.1 Å². The van der Waals surface area contributed by atoms with Gasteiger partial charge in [-0.05, 0) is 31.0 Å². The highest BCUT2D eigenvalue weighted by atomic mass is 32.2. The summed E-state index contributed by atoms with van der Waals surface area (Å²) in [5, 5.41) is 0. The van der Waals surface area contributed by atoms with E-state index in [9.17, 15) is 22.8 Å². The predicted octanol–water partition coefficient (Wildman–Crippen LogP) is 0.113. The smallest absolute Gasteiger partial charge is 0.261 e.